The predicted molar refractivity (Wildman–Crippen MR) is 523 cm³/mol. The number of hydrogen-bond donors (Lipinski definition) is 6. The summed E-state index contributed by atoms with van der Waals surface area (Å²) in [6.07, 6.45) is 11.7. The van der Waals surface area contributed by atoms with E-state index in [4.69, 9.17) is 19.3 Å². The van der Waals surface area contributed by atoms with Crippen molar-refractivity contribution in [3.63, 3.8) is 0 Å². The van der Waals surface area contributed by atoms with Gasteiger partial charge in [-0.1, -0.05) is 127 Å². The second-order valence-electron chi connectivity index (χ2n) is 37.9. The zero-order chi connectivity index (χ0) is 101. The summed E-state index contributed by atoms with van der Waals surface area (Å²) in [4.78, 5) is 201. The average Bonchev–Trinajstić information content (AvgIpc) is 1.09. The molecule has 32 heteroatoms. The number of carbonyl (C=O) groups excluding carboxylic acids is 15. The molecular weight excluding hydrogens is 1850 g/mol. The number of piperazine rings is 1. The van der Waals surface area contributed by atoms with Crippen LogP contribution in [0.25, 0.3) is 11.1 Å². The molecule has 6 N–H and O–H groups in total. The number of amides is 13. The molecule has 5 fully saturated rings. The lowest BCUT2D eigenvalue weighted by Crippen LogP contribution is -2.52. The van der Waals surface area contributed by atoms with Crippen molar-refractivity contribution in [2.24, 2.45) is 0 Å². The Bertz CT molecular complexity index is 5940. The first-order valence-corrected chi connectivity index (χ1v) is 48.9. The van der Waals surface area contributed by atoms with Crippen LogP contribution in [0.5, 0.6) is 11.5 Å². The lowest BCUT2D eigenvalue weighted by Gasteiger charge is -2.34. The number of rotatable bonds is 27. The first kappa shape index (κ1) is 105. The summed E-state index contributed by atoms with van der Waals surface area (Å²) < 4.78 is 17.4. The van der Waals surface area contributed by atoms with Crippen molar-refractivity contribution >= 4 is 122 Å². The van der Waals surface area contributed by atoms with Gasteiger partial charge in [0.05, 0.1) is 6.42 Å². The highest BCUT2D eigenvalue weighted by atomic mass is 79.9. The number of carboxylic acid groups (broad SMARTS) is 1. The van der Waals surface area contributed by atoms with Gasteiger partial charge in [-0.15, -0.1) is 0 Å². The number of aromatic hydroxyl groups is 1. The van der Waals surface area contributed by atoms with Crippen molar-refractivity contribution in [3.8, 4) is 23.3 Å². The lowest BCUT2D eigenvalue weighted by molar-refractivity contribution is -0.155. The van der Waals surface area contributed by atoms with Crippen LogP contribution < -0.4 is 26.0 Å². The molecule has 9 heterocycles. The molecular formula is C108H123BrN10O21. The van der Waals surface area contributed by atoms with Crippen molar-refractivity contribution in [2.75, 3.05) is 39.3 Å². The summed E-state index contributed by atoms with van der Waals surface area (Å²) in [5, 5.41) is 27.8. The third kappa shape index (κ3) is 28.9. The minimum absolute atomic E-state index is 0.0839. The van der Waals surface area contributed by atoms with Crippen molar-refractivity contribution in [3.05, 3.63) is 234 Å². The van der Waals surface area contributed by atoms with E-state index in [-0.39, 0.29) is 121 Å². The van der Waals surface area contributed by atoms with E-state index in [1.165, 1.54) is 20.9 Å². The second kappa shape index (κ2) is 48.7. The zero-order valence-electron chi connectivity index (χ0n) is 80.6. The molecule has 9 aliphatic rings. The highest BCUT2D eigenvalue weighted by molar-refractivity contribution is 9.10. The Morgan fingerprint density at radius 3 is 1.29 bits per heavy atom. The van der Waals surface area contributed by atoms with Crippen LogP contribution in [0.3, 0.4) is 0 Å². The minimum atomic E-state index is -0.792. The number of unbranched alkanes of at least 4 members (excludes halogenated alkanes) is 3. The summed E-state index contributed by atoms with van der Waals surface area (Å²) in [6.45, 7) is 21.2. The number of carbonyl (C=O) groups is 16. The molecule has 5 saturated heterocycles. The predicted octanol–water partition coefficient (Wildman–Crippen LogP) is 13.4. The zero-order valence-corrected chi connectivity index (χ0v) is 82.2. The van der Waals surface area contributed by atoms with Gasteiger partial charge in [0.2, 0.25) is 53.2 Å². The van der Waals surface area contributed by atoms with Crippen LogP contribution >= 0.6 is 15.9 Å². The van der Waals surface area contributed by atoms with E-state index < -0.39 is 53.5 Å². The summed E-state index contributed by atoms with van der Waals surface area (Å²) in [6, 6.07) is 45.9. The normalized spacial score (nSPS) is 18.4. The molecule has 0 aromatic heterocycles. The Labute approximate surface area is 823 Å². The summed E-state index contributed by atoms with van der Waals surface area (Å²) in [7, 11) is 0. The Morgan fingerprint density at radius 2 is 0.864 bits per heavy atom. The monoisotopic (exact) mass is 1970 g/mol. The highest BCUT2D eigenvalue weighted by Crippen LogP contribution is 2.38. The molecule has 31 nitrogen and oxygen atoms in total. The van der Waals surface area contributed by atoms with Crippen molar-refractivity contribution in [1.29, 1.82) is 0 Å². The number of piperidine rings is 4. The van der Waals surface area contributed by atoms with E-state index in [9.17, 15) is 81.8 Å². The molecule has 7 aromatic rings. The number of nitrogens with zero attached hydrogens (tertiary/aromatic N) is 6. The molecule has 13 amide bonds. The number of aryl methyl sites for hydroxylation is 2. The van der Waals surface area contributed by atoms with Crippen molar-refractivity contribution in [2.45, 2.75) is 258 Å². The van der Waals surface area contributed by atoms with Gasteiger partial charge in [0.25, 0.3) is 23.6 Å². The van der Waals surface area contributed by atoms with E-state index >= 15 is 0 Å². The van der Waals surface area contributed by atoms with Gasteiger partial charge in [-0.05, 0) is 253 Å². The fourth-order valence-electron chi connectivity index (χ4n) is 18.1. The van der Waals surface area contributed by atoms with E-state index in [2.05, 4.69) is 104 Å². The molecule has 140 heavy (non-hydrogen) atoms. The van der Waals surface area contributed by atoms with Gasteiger partial charge >= 0.3 is 17.9 Å². The Morgan fingerprint density at radius 1 is 0.450 bits per heavy atom. The SMILES string of the molecule is CC(C)(C)OC(=O)CCC#Cc1ccc2c(c1)CN(C1CCC(=O)NC1=O)C2=O.CCC(=C(c1ccc(O)cc1)c1ccc(OCCN2CCN(C(=O)CCCCc3ccc4c(c3)CN(C3CCC(=O)NC3=O)C4=O)CC2)cc1)c1ccccc1.CCCCC(=O)OC(C)(C)C.O=C(O)CCCCc1ccc2c(c1)CN(C1CCC(=O)NC1=O)C2=O.O=C1CCC(N2Cc3cc(Br)ccc3C2=O)C(=O)N1. The second-order valence-corrected chi connectivity index (χ2v) is 38.8. The number of aliphatic carboxylic acids is 1. The van der Waals surface area contributed by atoms with Crippen LogP contribution in [0.2, 0.25) is 0 Å². The third-order valence-electron chi connectivity index (χ3n) is 25.1. The number of phenolic OH excluding ortho intramolecular Hbond substituents is 1. The van der Waals surface area contributed by atoms with Crippen LogP contribution in [0.1, 0.15) is 281 Å². The summed E-state index contributed by atoms with van der Waals surface area (Å²) in [5.74, 6) is 2.57. The molecule has 16 rings (SSSR count). The number of phenols is 1. The molecule has 738 valence electrons. The maximum atomic E-state index is 13.0. The van der Waals surface area contributed by atoms with Gasteiger partial charge < -0.3 is 48.9 Å². The number of benzene rings is 7. The number of nitrogens with one attached hydrogen (secondary N) is 4. The molecule has 7 aromatic carbocycles. The molecule has 0 saturated carbocycles. The van der Waals surface area contributed by atoms with Crippen LogP contribution in [-0.2, 0) is 106 Å². The summed E-state index contributed by atoms with van der Waals surface area (Å²) in [5.41, 5.74) is 13.7. The first-order chi connectivity index (χ1) is 66.9. The molecule has 9 aliphatic heterocycles. The van der Waals surface area contributed by atoms with Crippen molar-refractivity contribution < 1.29 is 101 Å². The third-order valence-corrected chi connectivity index (χ3v) is 25.6. The highest BCUT2D eigenvalue weighted by Gasteiger charge is 2.44. The number of halogens is 1. The number of fused-ring (bicyclic) bond motifs is 4. The molecule has 0 bridgehead atoms. The van der Waals surface area contributed by atoms with Gasteiger partial charge in [-0.3, -0.25) is 103 Å². The largest absolute Gasteiger partial charge is 0.508 e. The Kier molecular flexibility index (Phi) is 36.5. The topological polar surface area (TPSA) is 409 Å². The van der Waals surface area contributed by atoms with Crippen LogP contribution in [0, 0.1) is 11.8 Å². The number of ether oxygens (including phenoxy) is 3. The maximum absolute atomic E-state index is 13.0. The fraction of sp³-hybridized carbons (Fsp3) is 0.426. The number of carboxylic acids is 1. The smallest absolute Gasteiger partial charge is 0.307 e. The van der Waals surface area contributed by atoms with E-state index in [1.807, 2.05) is 125 Å². The van der Waals surface area contributed by atoms with E-state index in [0.29, 0.717) is 119 Å². The number of hydrogen-bond acceptors (Lipinski definition) is 21. The first-order valence-electron chi connectivity index (χ1n) is 48.1. The fourth-order valence-corrected chi connectivity index (χ4v) is 18.5. The molecule has 0 aliphatic carbocycles. The van der Waals surface area contributed by atoms with Crippen LogP contribution in [0.15, 0.2) is 156 Å². The quantitative estimate of drug-likeness (QED) is 0.00915. The maximum Gasteiger partial charge on any atom is 0.307 e. The van der Waals surface area contributed by atoms with Crippen LogP contribution in [-0.4, -0.2) is 209 Å². The van der Waals surface area contributed by atoms with E-state index in [1.54, 1.807) is 46.2 Å². The minimum Gasteiger partial charge on any atom is -0.508 e. The average molecular weight is 1980 g/mol. The lowest BCUT2D eigenvalue weighted by atomic mass is 9.88. The summed E-state index contributed by atoms with van der Waals surface area (Å²) >= 11 is 3.37. The van der Waals surface area contributed by atoms with Gasteiger partial charge in [0.15, 0.2) is 0 Å². The molecule has 4 unspecified atom stereocenters. The number of imide groups is 4. The van der Waals surface area contributed by atoms with Crippen LogP contribution in [0.4, 0.5) is 0 Å². The number of esters is 2. The van der Waals surface area contributed by atoms with Gasteiger partial charge in [-0.2, -0.15) is 0 Å². The molecule has 0 spiro atoms. The standard InChI is InChI=1S/C46H50N4O6.C22H24N2O5.C18H20N2O5.C13H11BrN2O3.C9H18O2/c1-2-39(33-9-4-3-5-10-33)44(34-13-17-37(51)18-14-34)35-15-19-38(20-16-35)56-29-28-48-24-26-49(27-25-48)43(53)11-7-6-8-32-12-21-40-36(30-32)31-50(46(40)55)41-22-23-42(52)47-45(41)54;1-22(2,3)29-19(26)7-5-4-6-14-8-9-16-15(12-14)13-24(21(16)28)17-10-11-18(25)23-20(17)27;21-15-8-7-14(17(24)19-15)20-10-12-9-11(3-1-2-4-16(22)23)5-6-13(12)18(20)25;14-8-1-2-9-7(5-8)6-16(13(9)19)10-3-4-11(17)15-12(10)18;1-5-6-7-8(10)11-9(2,3)4/h3-5,9-10,12-21,30,41,51H,2,6-8,11,22-29,31H2,1H3,(H,47,52,54);8-9,12,17H,5,7,10-11,13H2,1-3H3,(H,23,25,27);5-6,9,14H,1-4,7-8,10H2,(H,22,23)(H,19,21,24);1-2,5,10H,3-4,6H2,(H,15,17,18);5-7H2,1-4H3. The molecule has 4 atom stereocenters. The van der Waals surface area contributed by atoms with Gasteiger partial charge in [-0.25, -0.2) is 0 Å². The van der Waals surface area contributed by atoms with Gasteiger partial charge in [0, 0.05) is 143 Å². The Balaban J connectivity index is 0.000000175. The number of allylic oxidation sites excluding steroid dienone is 1. The van der Waals surface area contributed by atoms with Crippen molar-refractivity contribution in [1.82, 2.24) is 50.7 Å². The Hall–Kier alpha value is -13.8. The van der Waals surface area contributed by atoms with E-state index in [0.717, 1.165) is 137 Å². The molecule has 0 radical (unpaired) electrons. The van der Waals surface area contributed by atoms with Gasteiger partial charge in [0.1, 0.15) is 53.5 Å².